The Morgan fingerprint density at radius 3 is 2.40 bits per heavy atom. The van der Waals surface area contributed by atoms with Gasteiger partial charge in [-0.2, -0.15) is 0 Å². The number of ketones is 1. The summed E-state index contributed by atoms with van der Waals surface area (Å²) in [6, 6.07) is 0. The molecule has 35 heavy (non-hydrogen) atoms. The molecule has 0 amide bonds. The number of aliphatic hydroxyl groups excluding tert-OH is 2. The minimum absolute atomic E-state index is 0.0368. The van der Waals surface area contributed by atoms with Crippen molar-refractivity contribution in [3.63, 3.8) is 0 Å². The first kappa shape index (κ1) is 27.1. The van der Waals surface area contributed by atoms with Gasteiger partial charge in [0, 0.05) is 31.1 Å². The van der Waals surface area contributed by atoms with E-state index in [4.69, 9.17) is 4.74 Å². The van der Waals surface area contributed by atoms with Crippen molar-refractivity contribution in [2.45, 2.75) is 117 Å². The number of esters is 1. The molecule has 6 nitrogen and oxygen atoms in total. The zero-order valence-corrected chi connectivity index (χ0v) is 22.5. The van der Waals surface area contributed by atoms with E-state index in [2.05, 4.69) is 27.7 Å². The lowest BCUT2D eigenvalue weighted by atomic mass is 9.42. The maximum atomic E-state index is 13.1. The first-order valence-electron chi connectivity index (χ1n) is 14.1. The van der Waals surface area contributed by atoms with Crippen molar-refractivity contribution in [1.29, 1.82) is 0 Å². The van der Waals surface area contributed by atoms with Crippen LogP contribution in [0.25, 0.3) is 0 Å². The Morgan fingerprint density at radius 2 is 1.77 bits per heavy atom. The molecule has 0 aromatic carbocycles. The molecule has 0 heterocycles. The van der Waals surface area contributed by atoms with Crippen LogP contribution in [0.2, 0.25) is 0 Å². The maximum Gasteiger partial charge on any atom is 0.303 e. The van der Waals surface area contributed by atoms with Gasteiger partial charge < -0.3 is 20.1 Å². The van der Waals surface area contributed by atoms with Crippen LogP contribution in [0.5, 0.6) is 0 Å². The fourth-order valence-corrected chi connectivity index (χ4v) is 9.43. The highest BCUT2D eigenvalue weighted by molar-refractivity contribution is 5.81. The lowest BCUT2D eigenvalue weighted by Gasteiger charge is -2.66. The number of ether oxygens (including phenoxy) is 1. The Balaban J connectivity index is 1.64. The Labute approximate surface area is 211 Å². The molecule has 4 aliphatic carbocycles. The van der Waals surface area contributed by atoms with E-state index < -0.39 is 29.2 Å². The predicted molar refractivity (Wildman–Crippen MR) is 133 cm³/mol. The molecule has 0 saturated heterocycles. The summed E-state index contributed by atoms with van der Waals surface area (Å²) in [5.74, 6) is 1.60. The summed E-state index contributed by atoms with van der Waals surface area (Å²) in [6.07, 6.45) is 5.96. The summed E-state index contributed by atoms with van der Waals surface area (Å²) < 4.78 is 5.77. The summed E-state index contributed by atoms with van der Waals surface area (Å²) >= 11 is 0. The molecule has 4 fully saturated rings. The van der Waals surface area contributed by atoms with E-state index in [9.17, 15) is 24.9 Å². The van der Waals surface area contributed by atoms with Gasteiger partial charge in [0.1, 0.15) is 17.5 Å². The van der Waals surface area contributed by atoms with Gasteiger partial charge in [0.05, 0.1) is 12.7 Å². The molecule has 0 aliphatic heterocycles. The van der Waals surface area contributed by atoms with E-state index in [1.165, 1.54) is 6.92 Å². The Hall–Kier alpha value is -0.980. The topological polar surface area (TPSA) is 104 Å². The predicted octanol–water partition coefficient (Wildman–Crippen LogP) is 4.28. The maximum absolute atomic E-state index is 13.1. The molecular formula is C29H48O6. The Kier molecular flexibility index (Phi) is 7.52. The third-order valence-electron chi connectivity index (χ3n) is 11.2. The van der Waals surface area contributed by atoms with Crippen molar-refractivity contribution in [2.24, 2.45) is 46.3 Å². The highest BCUT2D eigenvalue weighted by Gasteiger charge is 2.70. The SMILES string of the molecule is CC(=O)OC1CC2C3CCC(C(C)C(=O)CCC(C)C)C3(C)CCC2C2(CO)CCC(O)CC12O. The Bertz CT molecular complexity index is 811. The number of aliphatic hydroxyl groups is 3. The second-order valence-electron chi connectivity index (χ2n) is 13.3. The summed E-state index contributed by atoms with van der Waals surface area (Å²) in [6.45, 7) is 10.0. The fraction of sp³-hybridized carbons (Fsp3) is 0.931. The van der Waals surface area contributed by atoms with E-state index in [1.807, 2.05) is 0 Å². The number of rotatable bonds is 7. The monoisotopic (exact) mass is 492 g/mol. The smallest absolute Gasteiger partial charge is 0.303 e. The average Bonchev–Trinajstić information content (AvgIpc) is 3.14. The number of carbonyl (C=O) groups is 2. The van der Waals surface area contributed by atoms with Crippen LogP contribution in [-0.4, -0.2) is 51.5 Å². The van der Waals surface area contributed by atoms with Gasteiger partial charge in [-0.25, -0.2) is 0 Å². The van der Waals surface area contributed by atoms with E-state index in [0.29, 0.717) is 49.2 Å². The van der Waals surface area contributed by atoms with Crippen LogP contribution < -0.4 is 0 Å². The van der Waals surface area contributed by atoms with Gasteiger partial charge in [-0.15, -0.1) is 0 Å². The third kappa shape index (κ3) is 4.29. The number of hydrogen-bond donors (Lipinski definition) is 3. The summed E-state index contributed by atoms with van der Waals surface area (Å²) in [4.78, 5) is 25.2. The lowest BCUT2D eigenvalue weighted by molar-refractivity contribution is -0.284. The van der Waals surface area contributed by atoms with Crippen LogP contribution in [-0.2, 0) is 14.3 Å². The summed E-state index contributed by atoms with van der Waals surface area (Å²) in [5, 5.41) is 33.3. The second-order valence-corrected chi connectivity index (χ2v) is 13.3. The zero-order valence-electron chi connectivity index (χ0n) is 22.5. The molecule has 10 unspecified atom stereocenters. The molecule has 0 aromatic rings. The van der Waals surface area contributed by atoms with E-state index in [0.717, 1.165) is 32.1 Å². The van der Waals surface area contributed by atoms with Crippen molar-refractivity contribution < 1.29 is 29.6 Å². The largest absolute Gasteiger partial charge is 0.459 e. The number of carbonyl (C=O) groups excluding carboxylic acids is 2. The van der Waals surface area contributed by atoms with E-state index in [-0.39, 0.29) is 36.2 Å². The molecule has 6 heteroatoms. The van der Waals surface area contributed by atoms with Crippen molar-refractivity contribution >= 4 is 11.8 Å². The summed E-state index contributed by atoms with van der Waals surface area (Å²) in [5.41, 5.74) is -2.15. The molecule has 4 rings (SSSR count). The molecule has 0 radical (unpaired) electrons. The van der Waals surface area contributed by atoms with E-state index in [1.54, 1.807) is 0 Å². The van der Waals surface area contributed by atoms with Crippen molar-refractivity contribution in [3.8, 4) is 0 Å². The van der Waals surface area contributed by atoms with Gasteiger partial charge in [0.25, 0.3) is 0 Å². The minimum Gasteiger partial charge on any atom is -0.459 e. The zero-order chi connectivity index (χ0) is 25.8. The van der Waals surface area contributed by atoms with Gasteiger partial charge >= 0.3 is 5.97 Å². The highest BCUT2D eigenvalue weighted by atomic mass is 16.6. The van der Waals surface area contributed by atoms with Crippen LogP contribution in [0.4, 0.5) is 0 Å². The van der Waals surface area contributed by atoms with Crippen LogP contribution in [0.1, 0.15) is 98.8 Å². The van der Waals surface area contributed by atoms with Gasteiger partial charge in [0.2, 0.25) is 0 Å². The number of fused-ring (bicyclic) bond motifs is 5. The fourth-order valence-electron chi connectivity index (χ4n) is 9.43. The highest BCUT2D eigenvalue weighted by Crippen LogP contribution is 2.69. The molecule has 4 aliphatic rings. The molecule has 4 saturated carbocycles. The molecule has 0 bridgehead atoms. The molecule has 3 N–H and O–H groups in total. The van der Waals surface area contributed by atoms with Gasteiger partial charge in [-0.05, 0) is 86.4 Å². The molecule has 10 atom stereocenters. The second kappa shape index (κ2) is 9.72. The average molecular weight is 493 g/mol. The van der Waals surface area contributed by atoms with Gasteiger partial charge in [0.15, 0.2) is 0 Å². The van der Waals surface area contributed by atoms with Crippen molar-refractivity contribution in [1.82, 2.24) is 0 Å². The van der Waals surface area contributed by atoms with Gasteiger partial charge in [-0.3, -0.25) is 9.59 Å². The minimum atomic E-state index is -1.42. The lowest BCUT2D eigenvalue weighted by Crippen LogP contribution is -2.71. The van der Waals surface area contributed by atoms with Crippen LogP contribution in [0, 0.1) is 46.3 Å². The van der Waals surface area contributed by atoms with Crippen molar-refractivity contribution in [3.05, 3.63) is 0 Å². The number of hydrogen-bond acceptors (Lipinski definition) is 6. The third-order valence-corrected chi connectivity index (χ3v) is 11.2. The quantitative estimate of drug-likeness (QED) is 0.459. The standard InChI is InChI=1S/C29H48O6/c1-17(2)6-9-25(33)18(3)22-7-8-23-21-14-26(35-19(4)31)29(34)15-20(32)10-13-28(29,16-30)24(21)11-12-27(22,23)5/h17-18,20-24,26,30,32,34H,6-16H2,1-5H3. The Morgan fingerprint density at radius 1 is 1.06 bits per heavy atom. The number of Topliss-reactive ketones (excluding diaryl/α,β-unsaturated/α-hetero) is 1. The first-order valence-corrected chi connectivity index (χ1v) is 14.1. The van der Waals surface area contributed by atoms with Crippen LogP contribution >= 0.6 is 0 Å². The van der Waals surface area contributed by atoms with Crippen LogP contribution in [0.15, 0.2) is 0 Å². The summed E-state index contributed by atoms with van der Waals surface area (Å²) in [7, 11) is 0. The normalized spacial score (nSPS) is 45.9. The van der Waals surface area contributed by atoms with Crippen LogP contribution in [0.3, 0.4) is 0 Å². The molecule has 0 aromatic heterocycles. The van der Waals surface area contributed by atoms with Crippen molar-refractivity contribution in [2.75, 3.05) is 6.61 Å². The van der Waals surface area contributed by atoms with E-state index >= 15 is 0 Å². The molecule has 0 spiro atoms. The van der Waals surface area contributed by atoms with Gasteiger partial charge in [-0.1, -0.05) is 27.7 Å². The molecular weight excluding hydrogens is 444 g/mol. The molecule has 200 valence electrons. The first-order chi connectivity index (χ1) is 16.4.